The smallest absolute Gasteiger partial charge is 0.252 e. The van der Waals surface area contributed by atoms with Crippen LogP contribution in [0.5, 0.6) is 0 Å². The number of hydrogen-bond acceptors (Lipinski definition) is 2. The number of halogens is 2. The molecule has 1 rings (SSSR count). The minimum atomic E-state index is -0.810. The third kappa shape index (κ3) is 5.19. The number of benzene rings is 1. The van der Waals surface area contributed by atoms with Gasteiger partial charge in [0.1, 0.15) is 0 Å². The Bertz CT molecular complexity index is 439. The monoisotopic (exact) mass is 337 g/mol. The minimum Gasteiger partial charge on any atom is -0.352 e. The lowest BCUT2D eigenvalue weighted by Gasteiger charge is -2.06. The van der Waals surface area contributed by atoms with Gasteiger partial charge in [-0.2, -0.15) is 0 Å². The second kappa shape index (κ2) is 7.13. The number of nitrogens with one attached hydrogen (secondary N) is 1. The third-order valence-corrected chi connectivity index (χ3v) is 3.82. The van der Waals surface area contributed by atoms with Gasteiger partial charge in [-0.25, -0.2) is 0 Å². The third-order valence-electron chi connectivity index (χ3n) is 2.07. The highest BCUT2D eigenvalue weighted by atomic mass is 79.9. The van der Waals surface area contributed by atoms with Crippen molar-refractivity contribution >= 4 is 44.2 Å². The molecule has 0 aliphatic heterocycles. The fraction of sp³-hybridized carbons (Fsp3) is 0.364. The summed E-state index contributed by atoms with van der Waals surface area (Å²) in [5.41, 5.74) is 0.548. The highest BCUT2D eigenvalue weighted by molar-refractivity contribution is 9.10. The van der Waals surface area contributed by atoms with Gasteiger partial charge in [0.05, 0.1) is 5.56 Å². The zero-order valence-corrected chi connectivity index (χ0v) is 12.5. The van der Waals surface area contributed by atoms with Crippen molar-refractivity contribution in [2.45, 2.75) is 6.42 Å². The van der Waals surface area contributed by atoms with Crippen molar-refractivity contribution in [2.24, 2.45) is 0 Å². The fourth-order valence-electron chi connectivity index (χ4n) is 1.25. The molecule has 0 spiro atoms. The summed E-state index contributed by atoms with van der Waals surface area (Å²) < 4.78 is 11.5. The van der Waals surface area contributed by atoms with E-state index in [1.54, 1.807) is 24.5 Å². The van der Waals surface area contributed by atoms with Crippen LogP contribution in [0.25, 0.3) is 0 Å². The van der Waals surface area contributed by atoms with Gasteiger partial charge in [-0.05, 0) is 40.5 Å². The van der Waals surface area contributed by atoms with E-state index in [1.165, 1.54) is 0 Å². The first-order valence-electron chi connectivity index (χ1n) is 5.04. The second-order valence-corrected chi connectivity index (χ2v) is 6.36. The molecular formula is C11H13BrClNO2S. The quantitative estimate of drug-likeness (QED) is 0.839. The molecule has 1 aromatic carbocycles. The van der Waals surface area contributed by atoms with Crippen LogP contribution >= 0.6 is 27.5 Å². The Morgan fingerprint density at radius 1 is 1.53 bits per heavy atom. The van der Waals surface area contributed by atoms with Gasteiger partial charge >= 0.3 is 0 Å². The summed E-state index contributed by atoms with van der Waals surface area (Å²) in [7, 11) is -0.810. The Hall–Kier alpha value is -0.390. The van der Waals surface area contributed by atoms with Gasteiger partial charge < -0.3 is 5.32 Å². The molecule has 0 radical (unpaired) electrons. The van der Waals surface area contributed by atoms with Crippen LogP contribution in [-0.2, 0) is 10.8 Å². The predicted octanol–water partition coefficient (Wildman–Crippen LogP) is 2.60. The SMILES string of the molecule is C[S@](=O)CCCNC(=O)c1ccc(Cl)cc1Br. The van der Waals surface area contributed by atoms with Crippen molar-refractivity contribution in [3.63, 3.8) is 0 Å². The summed E-state index contributed by atoms with van der Waals surface area (Å²) in [5, 5.41) is 3.35. The molecule has 17 heavy (non-hydrogen) atoms. The average molecular weight is 339 g/mol. The van der Waals surface area contributed by atoms with E-state index in [0.717, 1.165) is 0 Å². The van der Waals surface area contributed by atoms with Crippen molar-refractivity contribution < 1.29 is 9.00 Å². The number of carbonyl (C=O) groups is 1. The Morgan fingerprint density at radius 2 is 2.24 bits per heavy atom. The van der Waals surface area contributed by atoms with E-state index >= 15 is 0 Å². The lowest BCUT2D eigenvalue weighted by molar-refractivity contribution is 0.0953. The maximum Gasteiger partial charge on any atom is 0.252 e. The van der Waals surface area contributed by atoms with Crippen LogP contribution in [-0.4, -0.2) is 28.7 Å². The first kappa shape index (κ1) is 14.7. The lowest BCUT2D eigenvalue weighted by atomic mass is 10.2. The van der Waals surface area contributed by atoms with E-state index in [9.17, 15) is 9.00 Å². The van der Waals surface area contributed by atoms with Crippen LogP contribution < -0.4 is 5.32 Å². The van der Waals surface area contributed by atoms with Crippen molar-refractivity contribution in [1.82, 2.24) is 5.32 Å². The van der Waals surface area contributed by atoms with Crippen LogP contribution in [0.2, 0.25) is 5.02 Å². The summed E-state index contributed by atoms with van der Waals surface area (Å²) in [4.78, 5) is 11.8. The van der Waals surface area contributed by atoms with Crippen molar-refractivity contribution in [2.75, 3.05) is 18.6 Å². The standard InChI is InChI=1S/C11H13BrClNO2S/c1-17(16)6-2-5-14-11(15)9-4-3-8(13)7-10(9)12/h3-4,7H,2,5-6H2,1H3,(H,14,15)/t17-/m0/s1. The van der Waals surface area contributed by atoms with E-state index in [-0.39, 0.29) is 5.91 Å². The number of hydrogen-bond donors (Lipinski definition) is 1. The Labute approximate surface area is 117 Å². The highest BCUT2D eigenvalue weighted by Crippen LogP contribution is 2.21. The van der Waals surface area contributed by atoms with Gasteiger partial charge in [0.2, 0.25) is 0 Å². The minimum absolute atomic E-state index is 0.157. The highest BCUT2D eigenvalue weighted by Gasteiger charge is 2.09. The van der Waals surface area contributed by atoms with Gasteiger partial charge in [0.25, 0.3) is 5.91 Å². The van der Waals surface area contributed by atoms with Crippen molar-refractivity contribution in [3.05, 3.63) is 33.3 Å². The molecule has 0 aliphatic carbocycles. The molecule has 1 amide bonds. The molecule has 0 fully saturated rings. The molecule has 0 aliphatic rings. The molecule has 0 saturated carbocycles. The number of carbonyl (C=O) groups excluding carboxylic acids is 1. The first-order valence-corrected chi connectivity index (χ1v) is 7.94. The molecule has 1 N–H and O–H groups in total. The van der Waals surface area contributed by atoms with Crippen LogP contribution in [0.15, 0.2) is 22.7 Å². The molecule has 3 nitrogen and oxygen atoms in total. The fourth-order valence-corrected chi connectivity index (χ4v) is 2.66. The zero-order valence-electron chi connectivity index (χ0n) is 9.33. The molecule has 1 aromatic rings. The lowest BCUT2D eigenvalue weighted by Crippen LogP contribution is -2.25. The first-order chi connectivity index (χ1) is 8.00. The van der Waals surface area contributed by atoms with E-state index in [1.807, 2.05) is 0 Å². The second-order valence-electron chi connectivity index (χ2n) is 3.51. The van der Waals surface area contributed by atoms with Crippen LogP contribution in [0.3, 0.4) is 0 Å². The van der Waals surface area contributed by atoms with E-state index in [0.29, 0.717) is 33.8 Å². The molecule has 0 heterocycles. The van der Waals surface area contributed by atoms with Gasteiger partial charge in [-0.3, -0.25) is 9.00 Å². The van der Waals surface area contributed by atoms with Gasteiger partial charge in [-0.1, -0.05) is 11.6 Å². The number of amides is 1. The summed E-state index contributed by atoms with van der Waals surface area (Å²) in [5.74, 6) is 0.442. The Balaban J connectivity index is 2.50. The maximum atomic E-state index is 11.8. The Kier molecular flexibility index (Phi) is 6.16. The Morgan fingerprint density at radius 3 is 2.82 bits per heavy atom. The maximum absolute atomic E-state index is 11.8. The summed E-state index contributed by atoms with van der Waals surface area (Å²) in [6.07, 6.45) is 2.36. The molecule has 94 valence electrons. The van der Waals surface area contributed by atoms with Gasteiger partial charge in [0.15, 0.2) is 0 Å². The zero-order chi connectivity index (χ0) is 12.8. The van der Waals surface area contributed by atoms with E-state index < -0.39 is 10.8 Å². The van der Waals surface area contributed by atoms with Gasteiger partial charge in [-0.15, -0.1) is 0 Å². The van der Waals surface area contributed by atoms with Crippen molar-refractivity contribution in [1.29, 1.82) is 0 Å². The van der Waals surface area contributed by atoms with Crippen LogP contribution in [0.1, 0.15) is 16.8 Å². The van der Waals surface area contributed by atoms with E-state index in [2.05, 4.69) is 21.2 Å². The predicted molar refractivity (Wildman–Crippen MR) is 75.0 cm³/mol. The summed E-state index contributed by atoms with van der Waals surface area (Å²) >= 11 is 9.07. The topological polar surface area (TPSA) is 46.2 Å². The van der Waals surface area contributed by atoms with E-state index in [4.69, 9.17) is 11.6 Å². The largest absolute Gasteiger partial charge is 0.352 e. The number of rotatable bonds is 5. The van der Waals surface area contributed by atoms with Gasteiger partial charge in [0, 0.05) is 38.8 Å². The summed E-state index contributed by atoms with van der Waals surface area (Å²) in [6, 6.07) is 5.01. The molecule has 0 aromatic heterocycles. The molecule has 6 heteroatoms. The summed E-state index contributed by atoms with van der Waals surface area (Å²) in [6.45, 7) is 0.521. The van der Waals surface area contributed by atoms with Crippen molar-refractivity contribution in [3.8, 4) is 0 Å². The van der Waals surface area contributed by atoms with Crippen LogP contribution in [0.4, 0.5) is 0 Å². The molecule has 0 saturated heterocycles. The molecule has 1 atom stereocenters. The molecule has 0 unspecified atom stereocenters. The molecule has 0 bridgehead atoms. The molecular weight excluding hydrogens is 326 g/mol. The van der Waals surface area contributed by atoms with Crippen LogP contribution in [0, 0.1) is 0 Å². The average Bonchev–Trinajstić information content (AvgIpc) is 2.23. The normalized spacial score (nSPS) is 12.2.